The first-order valence-corrected chi connectivity index (χ1v) is 10.8. The van der Waals surface area contributed by atoms with E-state index in [2.05, 4.69) is 25.5 Å². The van der Waals surface area contributed by atoms with Crippen LogP contribution in [0.5, 0.6) is 5.75 Å². The Labute approximate surface area is 194 Å². The smallest absolute Gasteiger partial charge is 0.277 e. The van der Waals surface area contributed by atoms with Crippen LogP contribution in [0.2, 0.25) is 0 Å². The van der Waals surface area contributed by atoms with Crippen LogP contribution in [-0.4, -0.2) is 63.9 Å². The predicted octanol–water partition coefficient (Wildman–Crippen LogP) is 2.28. The van der Waals surface area contributed by atoms with Crippen molar-refractivity contribution in [1.82, 2.24) is 20.2 Å². The number of aliphatic hydroxyl groups is 1. The molecule has 2 aromatic carbocycles. The minimum Gasteiger partial charge on any atom is -0.491 e. The van der Waals surface area contributed by atoms with Gasteiger partial charge >= 0.3 is 0 Å². The van der Waals surface area contributed by atoms with Crippen molar-refractivity contribution in [3.8, 4) is 17.1 Å². The van der Waals surface area contributed by atoms with E-state index in [4.69, 9.17) is 19.3 Å². The summed E-state index contributed by atoms with van der Waals surface area (Å²) < 4.78 is 16.9. The van der Waals surface area contributed by atoms with Crippen LogP contribution in [0, 0.1) is 0 Å². The number of aliphatic hydroxyl groups excluding tert-OH is 1. The van der Waals surface area contributed by atoms with Crippen LogP contribution < -0.4 is 15.6 Å². The molecule has 1 aliphatic heterocycles. The maximum atomic E-state index is 12.5. The zero-order valence-electron chi connectivity index (χ0n) is 18.2. The number of nitrogens with zero attached hydrogens (tertiary/aromatic N) is 3. The first kappa shape index (κ1) is 22.0. The third kappa shape index (κ3) is 4.88. The van der Waals surface area contributed by atoms with Crippen LogP contribution in [0.3, 0.4) is 0 Å². The standard InChI is InChI=1S/C24H23N5O5/c30-11-18-12-34-19(14-33-18)13-32-17-8-6-16(7-9-17)26-23-21-20(10-25-29-24(21)31)27-22(28-23)15-4-2-1-3-5-15/h1-10,18-19,30H,11-14H2,(H,29,31)(H,26,27,28). The Kier molecular flexibility index (Phi) is 6.43. The highest BCUT2D eigenvalue weighted by Crippen LogP contribution is 2.26. The van der Waals surface area contributed by atoms with Crippen molar-refractivity contribution < 1.29 is 19.3 Å². The molecule has 2 atom stereocenters. The second-order valence-electron chi connectivity index (χ2n) is 7.77. The normalized spacial score (nSPS) is 18.0. The van der Waals surface area contributed by atoms with E-state index in [-0.39, 0.29) is 24.4 Å². The second-order valence-corrected chi connectivity index (χ2v) is 7.77. The Morgan fingerprint density at radius 1 is 1.03 bits per heavy atom. The first-order valence-electron chi connectivity index (χ1n) is 10.8. The molecule has 0 aliphatic carbocycles. The molecule has 0 radical (unpaired) electrons. The lowest BCUT2D eigenvalue weighted by atomic mass is 10.2. The Balaban J connectivity index is 1.33. The minimum absolute atomic E-state index is 0.0567. The fourth-order valence-electron chi connectivity index (χ4n) is 3.56. The number of benzene rings is 2. The molecule has 0 spiro atoms. The summed E-state index contributed by atoms with van der Waals surface area (Å²) in [5.41, 5.74) is 1.62. The van der Waals surface area contributed by atoms with Crippen molar-refractivity contribution in [3.05, 3.63) is 71.1 Å². The van der Waals surface area contributed by atoms with Gasteiger partial charge in [0.2, 0.25) is 0 Å². The molecule has 1 aliphatic rings. The van der Waals surface area contributed by atoms with E-state index in [1.807, 2.05) is 54.6 Å². The summed E-state index contributed by atoms with van der Waals surface area (Å²) in [4.78, 5) is 21.6. The number of rotatable bonds is 7. The predicted molar refractivity (Wildman–Crippen MR) is 125 cm³/mol. The third-order valence-electron chi connectivity index (χ3n) is 5.34. The van der Waals surface area contributed by atoms with Gasteiger partial charge in [-0.1, -0.05) is 30.3 Å². The summed E-state index contributed by atoms with van der Waals surface area (Å²) in [5.74, 6) is 1.53. The van der Waals surface area contributed by atoms with Crippen molar-refractivity contribution in [1.29, 1.82) is 0 Å². The maximum Gasteiger partial charge on any atom is 0.277 e. The molecule has 174 valence electrons. The SMILES string of the molecule is O=c1[nH]ncc2nc(-c3ccccc3)nc(Nc3ccc(OCC4COC(CO)CO4)cc3)c12. The van der Waals surface area contributed by atoms with Crippen LogP contribution in [0.4, 0.5) is 11.5 Å². The molecule has 0 amide bonds. The van der Waals surface area contributed by atoms with Crippen LogP contribution in [0.1, 0.15) is 0 Å². The van der Waals surface area contributed by atoms with Crippen LogP contribution >= 0.6 is 0 Å². The van der Waals surface area contributed by atoms with E-state index in [9.17, 15) is 4.79 Å². The molecular formula is C24H23N5O5. The van der Waals surface area contributed by atoms with E-state index in [0.29, 0.717) is 48.1 Å². The Hall–Kier alpha value is -3.86. The van der Waals surface area contributed by atoms with E-state index in [0.717, 1.165) is 11.3 Å². The summed E-state index contributed by atoms with van der Waals surface area (Å²) in [6.45, 7) is 1.00. The number of anilines is 2. The summed E-state index contributed by atoms with van der Waals surface area (Å²) in [7, 11) is 0. The van der Waals surface area contributed by atoms with Crippen molar-refractivity contribution in [2.75, 3.05) is 31.7 Å². The number of hydrogen-bond acceptors (Lipinski definition) is 9. The van der Waals surface area contributed by atoms with Gasteiger partial charge < -0.3 is 24.6 Å². The van der Waals surface area contributed by atoms with Gasteiger partial charge in [0.15, 0.2) is 5.82 Å². The van der Waals surface area contributed by atoms with E-state index >= 15 is 0 Å². The number of nitrogens with one attached hydrogen (secondary N) is 2. The number of hydrogen-bond donors (Lipinski definition) is 3. The van der Waals surface area contributed by atoms with Gasteiger partial charge in [-0.25, -0.2) is 15.1 Å². The Bertz CT molecular complexity index is 1310. The third-order valence-corrected chi connectivity index (χ3v) is 5.34. The number of H-pyrrole nitrogens is 1. The number of ether oxygens (including phenoxy) is 3. The lowest BCUT2D eigenvalue weighted by Crippen LogP contribution is -2.40. The quantitative estimate of drug-likeness (QED) is 0.379. The molecule has 2 unspecified atom stereocenters. The van der Waals surface area contributed by atoms with Crippen LogP contribution in [-0.2, 0) is 9.47 Å². The molecule has 10 heteroatoms. The molecule has 34 heavy (non-hydrogen) atoms. The van der Waals surface area contributed by atoms with Crippen molar-refractivity contribution >= 4 is 22.4 Å². The molecule has 3 heterocycles. The lowest BCUT2D eigenvalue weighted by molar-refractivity contribution is -0.152. The zero-order chi connectivity index (χ0) is 23.3. The molecule has 3 N–H and O–H groups in total. The molecule has 0 bridgehead atoms. The Morgan fingerprint density at radius 3 is 2.53 bits per heavy atom. The average molecular weight is 461 g/mol. The summed E-state index contributed by atoms with van der Waals surface area (Å²) in [6, 6.07) is 16.8. The van der Waals surface area contributed by atoms with E-state index in [1.165, 1.54) is 6.20 Å². The van der Waals surface area contributed by atoms with Gasteiger partial charge in [-0.3, -0.25) is 4.79 Å². The van der Waals surface area contributed by atoms with Gasteiger partial charge in [0.1, 0.15) is 41.3 Å². The highest BCUT2D eigenvalue weighted by Gasteiger charge is 2.22. The summed E-state index contributed by atoms with van der Waals surface area (Å²) in [5, 5.41) is 18.9. The van der Waals surface area contributed by atoms with Crippen LogP contribution in [0.25, 0.3) is 22.3 Å². The molecule has 10 nitrogen and oxygen atoms in total. The van der Waals surface area contributed by atoms with Crippen molar-refractivity contribution in [2.24, 2.45) is 0 Å². The van der Waals surface area contributed by atoms with E-state index in [1.54, 1.807) is 0 Å². The highest BCUT2D eigenvalue weighted by atomic mass is 16.6. The number of fused-ring (bicyclic) bond motifs is 1. The minimum atomic E-state index is -0.377. The van der Waals surface area contributed by atoms with Crippen LogP contribution in [0.15, 0.2) is 65.6 Å². The molecular weight excluding hydrogens is 438 g/mol. The van der Waals surface area contributed by atoms with Gasteiger partial charge in [0.25, 0.3) is 5.56 Å². The van der Waals surface area contributed by atoms with Gasteiger partial charge in [-0.2, -0.15) is 5.10 Å². The van der Waals surface area contributed by atoms with Gasteiger partial charge in [-0.05, 0) is 24.3 Å². The largest absolute Gasteiger partial charge is 0.491 e. The first-order chi connectivity index (χ1) is 16.7. The highest BCUT2D eigenvalue weighted by molar-refractivity contribution is 5.91. The lowest BCUT2D eigenvalue weighted by Gasteiger charge is -2.28. The molecule has 1 fully saturated rings. The average Bonchev–Trinajstić information content (AvgIpc) is 2.89. The zero-order valence-corrected chi connectivity index (χ0v) is 18.2. The maximum absolute atomic E-state index is 12.5. The van der Waals surface area contributed by atoms with Gasteiger partial charge in [0.05, 0.1) is 26.0 Å². The molecule has 0 saturated carbocycles. The fraction of sp³-hybridized carbons (Fsp3) is 0.250. The Morgan fingerprint density at radius 2 is 1.79 bits per heavy atom. The van der Waals surface area contributed by atoms with Crippen molar-refractivity contribution in [2.45, 2.75) is 12.2 Å². The van der Waals surface area contributed by atoms with E-state index < -0.39 is 0 Å². The van der Waals surface area contributed by atoms with Crippen molar-refractivity contribution in [3.63, 3.8) is 0 Å². The molecule has 1 saturated heterocycles. The summed E-state index contributed by atoms with van der Waals surface area (Å²) in [6.07, 6.45) is 1.04. The van der Waals surface area contributed by atoms with Gasteiger partial charge in [-0.15, -0.1) is 0 Å². The second kappa shape index (κ2) is 9.96. The number of aromatic nitrogens is 4. The summed E-state index contributed by atoms with van der Waals surface area (Å²) >= 11 is 0. The van der Waals surface area contributed by atoms with Gasteiger partial charge in [0, 0.05) is 11.3 Å². The topological polar surface area (TPSA) is 131 Å². The number of aromatic amines is 1. The molecule has 2 aromatic heterocycles. The fourth-order valence-corrected chi connectivity index (χ4v) is 3.56. The molecule has 4 aromatic rings. The monoisotopic (exact) mass is 461 g/mol. The molecule has 5 rings (SSSR count).